The molecule has 0 radical (unpaired) electrons. The van der Waals surface area contributed by atoms with E-state index in [1.165, 1.54) is 273 Å². The monoisotopic (exact) mass is 1660 g/mol. The van der Waals surface area contributed by atoms with E-state index in [0.29, 0.717) is 29.6 Å². The fourth-order valence-corrected chi connectivity index (χ4v) is 17.8. The predicted molar refractivity (Wildman–Crippen MR) is 539 cm³/mol. The Labute approximate surface area is 757 Å². The fourth-order valence-electron chi connectivity index (χ4n) is 17.8. The first-order chi connectivity index (χ1) is 61.6. The second-order valence-electron chi connectivity index (χ2n) is 37.0. The van der Waals surface area contributed by atoms with Crippen molar-refractivity contribution < 1.29 is 9.47 Å². The molecule has 0 aliphatic heterocycles. The van der Waals surface area contributed by atoms with Gasteiger partial charge >= 0.3 is 0 Å². The van der Waals surface area contributed by atoms with Crippen LogP contribution in [0.15, 0.2) is 303 Å². The standard InChI is InChI=1S/C30H28.C24H24.C22H28O.C18H20O.C18H20.C12H16/c1-3-21(2)22-4-6-23(7-5-22)24-8-10-25(11-9-24)26-12-14-27(15-13-26)29-18-16-28-17-19-30(28)20-29;1-3-17(2)18-4-6-19(7-5-18)20-8-10-21(11-9-20)23-14-12-22-13-15-24(22)16-23;1-3-17(2)19-11-13-22(14-12-19)23-15-5-4-6-18-7-8-20-9-10-21(20)16-18;1-3-13(2)14-6-9-17(10-7-14)19-18-11-8-15-4-5-16(15)12-18;1-3-13(2)14-4-6-15(7-5-14)17-10-8-16-9-11-18(16)12-17;1-3-9(2)11-6-4-10-5-7-12(10)8-11/h4-16,18,20-21H,3,17,19H2,1-2H3;4-12,14,16-17H,3,13,15H2,1-2H3;7-8,11-14,16-17H,3-6,9-10,15H2,1-2H3;6-13H,3-5H2,1-2H3;4-8,10,12-13H,3,9,11H2,1-2H3;4,6,8-9H,3,5,7H2,1-2H3. The van der Waals surface area contributed by atoms with Crippen LogP contribution in [-0.2, 0) is 83.5 Å². The number of fused-ring (bicyclic) bond motifs is 6. The molecule has 0 aromatic heterocycles. The third kappa shape index (κ3) is 22.7. The molecule has 0 spiro atoms. The molecular formula is C124H136O2. The van der Waals surface area contributed by atoms with Crippen molar-refractivity contribution in [1.82, 2.24) is 0 Å². The maximum Gasteiger partial charge on any atom is 0.127 e. The molecule has 0 saturated heterocycles. The average molecular weight is 1660 g/mol. The number of rotatable bonds is 26. The van der Waals surface area contributed by atoms with Crippen molar-refractivity contribution in [2.75, 3.05) is 6.61 Å². The molecule has 6 atom stereocenters. The van der Waals surface area contributed by atoms with Crippen LogP contribution >= 0.6 is 0 Å². The van der Waals surface area contributed by atoms with Crippen molar-refractivity contribution >= 4 is 0 Å². The van der Waals surface area contributed by atoms with E-state index >= 15 is 0 Å². The Balaban J connectivity index is 0.000000119. The maximum atomic E-state index is 5.92. The predicted octanol–water partition coefficient (Wildman–Crippen LogP) is 34.0. The van der Waals surface area contributed by atoms with Gasteiger partial charge < -0.3 is 9.47 Å². The van der Waals surface area contributed by atoms with Crippen LogP contribution in [0.4, 0.5) is 0 Å². The molecule has 6 aliphatic carbocycles. The van der Waals surface area contributed by atoms with Gasteiger partial charge in [-0.15, -0.1) is 0 Å². The van der Waals surface area contributed by atoms with Gasteiger partial charge in [0.05, 0.1) is 6.61 Å². The van der Waals surface area contributed by atoms with E-state index in [2.05, 4.69) is 386 Å². The van der Waals surface area contributed by atoms with E-state index in [0.717, 1.165) is 36.2 Å². The van der Waals surface area contributed by atoms with E-state index in [4.69, 9.17) is 9.47 Å². The first-order valence-corrected chi connectivity index (χ1v) is 48.4. The van der Waals surface area contributed by atoms with E-state index in [1.54, 1.807) is 27.8 Å². The van der Waals surface area contributed by atoms with Gasteiger partial charge in [-0.05, 0) is 379 Å². The van der Waals surface area contributed by atoms with Crippen LogP contribution in [0.5, 0.6) is 17.2 Å². The summed E-state index contributed by atoms with van der Waals surface area (Å²) in [5.74, 6) is 6.78. The van der Waals surface area contributed by atoms with Gasteiger partial charge in [-0.2, -0.15) is 0 Å². The Morgan fingerprint density at radius 3 is 0.698 bits per heavy atom. The van der Waals surface area contributed by atoms with Gasteiger partial charge in [0.2, 0.25) is 0 Å². The van der Waals surface area contributed by atoms with Gasteiger partial charge in [0.1, 0.15) is 17.2 Å². The summed E-state index contributed by atoms with van der Waals surface area (Å²) in [6.07, 6.45) is 25.7. The molecule has 0 amide bonds. The van der Waals surface area contributed by atoms with Crippen molar-refractivity contribution in [3.05, 3.63) is 409 Å². The molecule has 644 valence electrons. The summed E-state index contributed by atoms with van der Waals surface area (Å²) in [5, 5.41) is 0. The Morgan fingerprint density at radius 2 is 0.413 bits per heavy atom. The number of hydrogen-bond acceptors (Lipinski definition) is 2. The zero-order valence-corrected chi connectivity index (χ0v) is 77.7. The van der Waals surface area contributed by atoms with Crippen LogP contribution < -0.4 is 9.47 Å². The highest BCUT2D eigenvalue weighted by atomic mass is 16.5. The van der Waals surface area contributed by atoms with Crippen molar-refractivity contribution in [3.8, 4) is 84.0 Å². The lowest BCUT2D eigenvalue weighted by atomic mass is 9.84. The summed E-state index contributed by atoms with van der Waals surface area (Å²) in [7, 11) is 0. The molecule has 126 heavy (non-hydrogen) atoms. The summed E-state index contributed by atoms with van der Waals surface area (Å²) in [6, 6.07) is 112. The van der Waals surface area contributed by atoms with Crippen molar-refractivity contribution in [3.63, 3.8) is 0 Å². The third-order valence-electron chi connectivity index (χ3n) is 28.9. The van der Waals surface area contributed by atoms with Gasteiger partial charge in [0, 0.05) is 0 Å². The molecule has 6 aliphatic rings. The summed E-state index contributed by atoms with van der Waals surface area (Å²) in [6.45, 7) is 28.0. The highest BCUT2D eigenvalue weighted by Gasteiger charge is 2.21. The van der Waals surface area contributed by atoms with Crippen LogP contribution in [0.2, 0.25) is 0 Å². The molecule has 0 bridgehead atoms. The van der Waals surface area contributed by atoms with E-state index in [-0.39, 0.29) is 0 Å². The second-order valence-corrected chi connectivity index (χ2v) is 37.0. The Bertz CT molecular complexity index is 5840. The molecule has 20 rings (SSSR count). The van der Waals surface area contributed by atoms with Gasteiger partial charge in [-0.25, -0.2) is 0 Å². The van der Waals surface area contributed by atoms with Crippen molar-refractivity contribution in [2.24, 2.45) is 0 Å². The average Bonchev–Trinajstić information content (AvgIpc) is 0.938. The topological polar surface area (TPSA) is 18.5 Å². The largest absolute Gasteiger partial charge is 0.494 e. The molecule has 0 fully saturated rings. The molecule has 14 aromatic rings. The van der Waals surface area contributed by atoms with E-state index in [1.807, 2.05) is 0 Å². The molecular weight excluding hydrogens is 1520 g/mol. The molecule has 14 aromatic carbocycles. The number of ether oxygens (including phenoxy) is 2. The van der Waals surface area contributed by atoms with Crippen molar-refractivity contribution in [1.29, 1.82) is 0 Å². The first-order valence-electron chi connectivity index (χ1n) is 48.4. The summed E-state index contributed by atoms with van der Waals surface area (Å²) >= 11 is 0. The lowest BCUT2D eigenvalue weighted by Gasteiger charge is -2.21. The SMILES string of the molecule is CCC(C)c1ccc(-c2ccc(-c3ccc(-c4ccc5c(c4)CC5)cc3)cc2)cc1.CCC(C)c1ccc(-c2ccc(-c3ccc4c(c3)CC4)cc2)cc1.CCC(C)c1ccc(-c2ccc3c(c2)CC3)cc1.CCC(C)c1ccc(OCCCCc2ccc3c(c2)CC3)cc1.CCC(C)c1ccc(Oc2ccc3c(c2)CC3)cc1.CCC(C)c1ccc2c(c1)CC2. The molecule has 0 saturated carbocycles. The Kier molecular flexibility index (Phi) is 30.7. The zero-order valence-electron chi connectivity index (χ0n) is 77.7. The highest BCUT2D eigenvalue weighted by molar-refractivity contribution is 5.75. The second kappa shape index (κ2) is 43.3. The quantitative estimate of drug-likeness (QED) is 0.0503. The molecule has 2 heteroatoms. The van der Waals surface area contributed by atoms with Crippen LogP contribution in [0, 0.1) is 0 Å². The summed E-state index contributed by atoms with van der Waals surface area (Å²) in [4.78, 5) is 0. The minimum atomic E-state index is 0.616. The molecule has 0 N–H and O–H groups in total. The number of benzene rings is 14. The van der Waals surface area contributed by atoms with E-state index < -0.39 is 0 Å². The van der Waals surface area contributed by atoms with Gasteiger partial charge in [0.25, 0.3) is 0 Å². The first kappa shape index (κ1) is 89.5. The summed E-state index contributed by atoms with van der Waals surface area (Å²) in [5.41, 5.74) is 44.1. The molecule has 0 heterocycles. The normalized spacial score (nSPS) is 14.3. The van der Waals surface area contributed by atoms with Gasteiger partial charge in [-0.3, -0.25) is 0 Å². The number of unbranched alkanes of at least 4 members (excludes halogenated alkanes) is 1. The van der Waals surface area contributed by atoms with Gasteiger partial charge in [-0.1, -0.05) is 350 Å². The Hall–Kier alpha value is -11.3. The number of aryl methyl sites for hydroxylation is 13. The van der Waals surface area contributed by atoms with Crippen LogP contribution in [0.1, 0.15) is 276 Å². The molecule has 2 nitrogen and oxygen atoms in total. The van der Waals surface area contributed by atoms with E-state index in [9.17, 15) is 0 Å². The maximum absolute atomic E-state index is 5.92. The molecule has 6 unspecified atom stereocenters. The Morgan fingerprint density at radius 1 is 0.190 bits per heavy atom. The number of hydrogen-bond donors (Lipinski definition) is 0. The lowest BCUT2D eigenvalue weighted by Crippen LogP contribution is -2.08. The van der Waals surface area contributed by atoms with Gasteiger partial charge in [0.15, 0.2) is 0 Å². The third-order valence-corrected chi connectivity index (χ3v) is 28.9. The zero-order chi connectivity index (χ0) is 87.4. The van der Waals surface area contributed by atoms with Crippen LogP contribution in [0.25, 0.3) is 66.8 Å². The lowest BCUT2D eigenvalue weighted by molar-refractivity contribution is 0.307. The highest BCUT2D eigenvalue weighted by Crippen LogP contribution is 2.39. The minimum Gasteiger partial charge on any atom is -0.494 e. The fraction of sp³-hybridized carbons (Fsp3) is 0.323. The van der Waals surface area contributed by atoms with Crippen molar-refractivity contribution in [2.45, 2.75) is 253 Å². The van der Waals surface area contributed by atoms with Crippen LogP contribution in [-0.4, -0.2) is 6.61 Å². The smallest absolute Gasteiger partial charge is 0.127 e. The van der Waals surface area contributed by atoms with Crippen LogP contribution in [0.3, 0.4) is 0 Å². The summed E-state index contributed by atoms with van der Waals surface area (Å²) < 4.78 is 11.8. The minimum absolute atomic E-state index is 0.616.